The molecule has 0 amide bonds. The van der Waals surface area contributed by atoms with E-state index in [9.17, 15) is 4.79 Å². The summed E-state index contributed by atoms with van der Waals surface area (Å²) in [6, 6.07) is 0. The molecule has 0 aromatic rings. The summed E-state index contributed by atoms with van der Waals surface area (Å²) in [5, 5.41) is 0. The molecule has 0 aromatic heterocycles. The molecule has 5 heteroatoms. The van der Waals surface area contributed by atoms with E-state index in [1.165, 1.54) is 0 Å². The summed E-state index contributed by atoms with van der Waals surface area (Å²) < 4.78 is 4.67. The maximum absolute atomic E-state index is 10.8. The summed E-state index contributed by atoms with van der Waals surface area (Å²) in [6.45, 7) is 4.06. The molecule has 0 unspecified atom stereocenters. The summed E-state index contributed by atoms with van der Waals surface area (Å²) >= 11 is 0. The Morgan fingerprint density at radius 1 is 1.58 bits per heavy atom. The van der Waals surface area contributed by atoms with Crippen molar-refractivity contribution in [3.05, 3.63) is 0 Å². The molecule has 0 spiro atoms. The predicted molar refractivity (Wildman–Crippen MR) is 46.5 cm³/mol. The number of amidine groups is 1. The molecule has 0 aliphatic heterocycles. The molecule has 0 rings (SSSR count). The summed E-state index contributed by atoms with van der Waals surface area (Å²) in [5.41, 5.74) is 2.39. The Morgan fingerprint density at radius 2 is 2.25 bits per heavy atom. The number of hydrogen-bond donors (Lipinski definition) is 2. The molecule has 5 nitrogen and oxygen atoms in total. The van der Waals surface area contributed by atoms with Crippen LogP contribution in [0, 0.1) is 0 Å². The van der Waals surface area contributed by atoms with Crippen LogP contribution in [0.15, 0.2) is 4.99 Å². The number of hydrazine groups is 1. The number of ether oxygens (including phenoxy) is 1. The highest BCUT2D eigenvalue weighted by atomic mass is 16.5. The third-order valence-corrected chi connectivity index (χ3v) is 1.21. The zero-order valence-corrected chi connectivity index (χ0v) is 7.46. The SMILES string of the molecule is CCOC(=O)CN=C(CC)NN. The summed E-state index contributed by atoms with van der Waals surface area (Å²) in [4.78, 5) is 14.7. The van der Waals surface area contributed by atoms with Crippen molar-refractivity contribution in [1.82, 2.24) is 5.43 Å². The number of aliphatic imine (C=N–C) groups is 1. The third kappa shape index (κ3) is 4.68. The van der Waals surface area contributed by atoms with Crippen LogP contribution in [0.4, 0.5) is 0 Å². The highest BCUT2D eigenvalue weighted by Gasteiger charge is 1.99. The molecule has 0 atom stereocenters. The van der Waals surface area contributed by atoms with Gasteiger partial charge in [0.15, 0.2) is 0 Å². The number of nitrogens with zero attached hydrogens (tertiary/aromatic N) is 1. The second-order valence-electron chi connectivity index (χ2n) is 2.07. The fourth-order valence-electron chi connectivity index (χ4n) is 0.626. The van der Waals surface area contributed by atoms with Gasteiger partial charge < -0.3 is 10.2 Å². The molecule has 0 saturated carbocycles. The Balaban J connectivity index is 3.76. The molecule has 0 aliphatic rings. The van der Waals surface area contributed by atoms with Crippen LogP contribution in [0.2, 0.25) is 0 Å². The van der Waals surface area contributed by atoms with Crippen molar-refractivity contribution in [2.45, 2.75) is 20.3 Å². The van der Waals surface area contributed by atoms with E-state index in [4.69, 9.17) is 5.84 Å². The molecule has 0 aromatic carbocycles. The van der Waals surface area contributed by atoms with Gasteiger partial charge in [-0.2, -0.15) is 0 Å². The van der Waals surface area contributed by atoms with E-state index in [1.807, 2.05) is 6.92 Å². The average Bonchev–Trinajstić information content (AvgIpc) is 2.07. The van der Waals surface area contributed by atoms with Crippen LogP contribution in [-0.2, 0) is 9.53 Å². The van der Waals surface area contributed by atoms with Crippen LogP contribution < -0.4 is 11.3 Å². The molecular formula is C7H15N3O2. The number of nitrogens with one attached hydrogen (secondary N) is 1. The van der Waals surface area contributed by atoms with E-state index in [-0.39, 0.29) is 12.5 Å². The molecule has 0 radical (unpaired) electrons. The molecule has 70 valence electrons. The molecule has 0 heterocycles. The Labute approximate surface area is 72.0 Å². The predicted octanol–water partition coefficient (Wildman–Crippen LogP) is -0.179. The Bertz CT molecular complexity index is 162. The number of hydrogen-bond acceptors (Lipinski definition) is 4. The third-order valence-electron chi connectivity index (χ3n) is 1.21. The van der Waals surface area contributed by atoms with E-state index in [2.05, 4.69) is 15.2 Å². The number of carbonyl (C=O) groups excluding carboxylic acids is 1. The first-order valence-electron chi connectivity index (χ1n) is 3.90. The largest absolute Gasteiger partial charge is 0.465 e. The van der Waals surface area contributed by atoms with Crippen molar-refractivity contribution in [2.24, 2.45) is 10.8 Å². The van der Waals surface area contributed by atoms with Gasteiger partial charge in [0.05, 0.1) is 6.61 Å². The van der Waals surface area contributed by atoms with Gasteiger partial charge in [0.2, 0.25) is 0 Å². The molecule has 0 fully saturated rings. The Morgan fingerprint density at radius 3 is 2.67 bits per heavy atom. The van der Waals surface area contributed by atoms with Gasteiger partial charge in [0.25, 0.3) is 0 Å². The quantitative estimate of drug-likeness (QED) is 0.203. The normalized spacial score (nSPS) is 11.1. The summed E-state index contributed by atoms with van der Waals surface area (Å²) in [6.07, 6.45) is 0.676. The van der Waals surface area contributed by atoms with Gasteiger partial charge in [-0.25, -0.2) is 5.84 Å². The maximum Gasteiger partial charge on any atom is 0.327 e. The lowest BCUT2D eigenvalue weighted by molar-refractivity contribution is -0.141. The van der Waals surface area contributed by atoms with Crippen molar-refractivity contribution >= 4 is 11.8 Å². The van der Waals surface area contributed by atoms with E-state index >= 15 is 0 Å². The zero-order chi connectivity index (χ0) is 9.40. The summed E-state index contributed by atoms with van der Waals surface area (Å²) in [7, 11) is 0. The Kier molecular flexibility index (Phi) is 6.00. The highest BCUT2D eigenvalue weighted by Crippen LogP contribution is 1.83. The van der Waals surface area contributed by atoms with Crippen LogP contribution in [-0.4, -0.2) is 25.0 Å². The summed E-state index contributed by atoms with van der Waals surface area (Å²) in [5.74, 6) is 5.38. The second kappa shape index (κ2) is 6.60. The Hall–Kier alpha value is -1.10. The second-order valence-corrected chi connectivity index (χ2v) is 2.07. The van der Waals surface area contributed by atoms with Crippen LogP contribution >= 0.6 is 0 Å². The van der Waals surface area contributed by atoms with Gasteiger partial charge in [-0.3, -0.25) is 9.79 Å². The monoisotopic (exact) mass is 173 g/mol. The van der Waals surface area contributed by atoms with Crippen molar-refractivity contribution in [1.29, 1.82) is 0 Å². The van der Waals surface area contributed by atoms with Gasteiger partial charge in [-0.05, 0) is 6.92 Å². The lowest BCUT2D eigenvalue weighted by atomic mass is 10.4. The molecule has 12 heavy (non-hydrogen) atoms. The number of nitrogens with two attached hydrogens (primary N) is 1. The van der Waals surface area contributed by atoms with E-state index in [0.29, 0.717) is 18.9 Å². The van der Waals surface area contributed by atoms with Crippen LogP contribution in [0.3, 0.4) is 0 Å². The molecular weight excluding hydrogens is 158 g/mol. The molecule has 0 aliphatic carbocycles. The minimum Gasteiger partial charge on any atom is -0.465 e. The standard InChI is InChI=1S/C7H15N3O2/c1-3-6(10-8)9-5-7(11)12-4-2/h3-5,8H2,1-2H3,(H,9,10). The van der Waals surface area contributed by atoms with Gasteiger partial charge in [-0.15, -0.1) is 0 Å². The molecule has 0 bridgehead atoms. The van der Waals surface area contributed by atoms with Crippen molar-refractivity contribution in [3.8, 4) is 0 Å². The molecule has 0 saturated heterocycles. The highest BCUT2D eigenvalue weighted by molar-refractivity contribution is 5.84. The van der Waals surface area contributed by atoms with Crippen molar-refractivity contribution in [2.75, 3.05) is 13.2 Å². The van der Waals surface area contributed by atoms with Crippen molar-refractivity contribution in [3.63, 3.8) is 0 Å². The number of carbonyl (C=O) groups is 1. The molecule has 3 N–H and O–H groups in total. The van der Waals surface area contributed by atoms with Crippen LogP contribution in [0.25, 0.3) is 0 Å². The zero-order valence-electron chi connectivity index (χ0n) is 7.46. The lowest BCUT2D eigenvalue weighted by Gasteiger charge is -2.01. The topological polar surface area (TPSA) is 76.7 Å². The van der Waals surface area contributed by atoms with Gasteiger partial charge >= 0.3 is 5.97 Å². The van der Waals surface area contributed by atoms with E-state index in [0.717, 1.165) is 0 Å². The van der Waals surface area contributed by atoms with Gasteiger partial charge in [0, 0.05) is 6.42 Å². The van der Waals surface area contributed by atoms with Crippen molar-refractivity contribution < 1.29 is 9.53 Å². The first-order chi connectivity index (χ1) is 5.74. The fourth-order valence-corrected chi connectivity index (χ4v) is 0.626. The van der Waals surface area contributed by atoms with Crippen LogP contribution in [0.5, 0.6) is 0 Å². The van der Waals surface area contributed by atoms with E-state index in [1.54, 1.807) is 6.92 Å². The van der Waals surface area contributed by atoms with Gasteiger partial charge in [-0.1, -0.05) is 6.92 Å². The van der Waals surface area contributed by atoms with E-state index < -0.39 is 0 Å². The minimum absolute atomic E-state index is 0.0290. The number of rotatable bonds is 4. The number of esters is 1. The first-order valence-corrected chi connectivity index (χ1v) is 3.90. The average molecular weight is 173 g/mol. The first kappa shape index (κ1) is 10.9. The smallest absolute Gasteiger partial charge is 0.327 e. The minimum atomic E-state index is -0.335. The fraction of sp³-hybridized carbons (Fsp3) is 0.714. The lowest BCUT2D eigenvalue weighted by Crippen LogP contribution is -2.30. The maximum atomic E-state index is 10.8. The van der Waals surface area contributed by atoms with Gasteiger partial charge in [0.1, 0.15) is 12.4 Å². The van der Waals surface area contributed by atoms with Crippen LogP contribution in [0.1, 0.15) is 20.3 Å².